The van der Waals surface area contributed by atoms with E-state index in [1.807, 2.05) is 26.1 Å². The van der Waals surface area contributed by atoms with E-state index in [1.165, 1.54) is 92.0 Å². The van der Waals surface area contributed by atoms with Crippen molar-refractivity contribution in [2.75, 3.05) is 113 Å². The summed E-state index contributed by atoms with van der Waals surface area (Å²) >= 11 is 20.6. The van der Waals surface area contributed by atoms with Crippen LogP contribution in [0.4, 0.5) is 34.6 Å². The average molecular weight is 1660 g/mol. The van der Waals surface area contributed by atoms with E-state index in [9.17, 15) is 60.7 Å². The Morgan fingerprint density at radius 2 is 0.707 bits per heavy atom. The molecule has 3 aliphatic rings. The van der Waals surface area contributed by atoms with E-state index in [1.54, 1.807) is 145 Å². The molecular formula is C86H76Cl3F4N9O13S. The zero-order valence-corrected chi connectivity index (χ0v) is 66.1. The molecule has 116 heavy (non-hydrogen) atoms. The second kappa shape index (κ2) is 36.6. The van der Waals surface area contributed by atoms with E-state index in [0.29, 0.717) is 171 Å². The molecule has 3 fully saturated rings. The highest BCUT2D eigenvalue weighted by atomic mass is 35.5. The van der Waals surface area contributed by atoms with Gasteiger partial charge in [-0.3, -0.25) is 28.8 Å². The number of pyridine rings is 3. The quantitative estimate of drug-likeness (QED) is 0.0442. The number of aromatic nitrogens is 3. The van der Waals surface area contributed by atoms with Crippen LogP contribution in [0.25, 0.3) is 32.7 Å². The van der Waals surface area contributed by atoms with Gasteiger partial charge in [0.05, 0.1) is 84.2 Å². The van der Waals surface area contributed by atoms with Crippen LogP contribution in [0.15, 0.2) is 206 Å². The summed E-state index contributed by atoms with van der Waals surface area (Å²) in [6, 6.07) is 45.2. The molecule has 12 aromatic rings. The number of hydrogen-bond acceptors (Lipinski definition) is 17. The highest BCUT2D eigenvalue weighted by molar-refractivity contribution is 7.12. The average Bonchev–Trinajstić information content (AvgIpc) is 1.39. The summed E-state index contributed by atoms with van der Waals surface area (Å²) in [5, 5.41) is 4.98. The van der Waals surface area contributed by atoms with Gasteiger partial charge in [-0.1, -0.05) is 77.3 Å². The number of anilines is 3. The molecule has 15 rings (SSSR count). The molecule has 3 saturated heterocycles. The van der Waals surface area contributed by atoms with Crippen LogP contribution in [-0.2, 0) is 33.8 Å². The maximum atomic E-state index is 13.9. The summed E-state index contributed by atoms with van der Waals surface area (Å²) in [5.41, 5.74) is 3.54. The molecule has 3 amide bonds. The molecule has 22 nitrogen and oxygen atoms in total. The number of amides is 3. The minimum atomic E-state index is -0.762. The largest absolute Gasteiger partial charge is 0.462 e. The van der Waals surface area contributed by atoms with Crippen molar-refractivity contribution >= 4 is 132 Å². The lowest BCUT2D eigenvalue weighted by Gasteiger charge is -2.37. The third-order valence-corrected chi connectivity index (χ3v) is 21.6. The summed E-state index contributed by atoms with van der Waals surface area (Å²) in [5.74, 6) is -4.03. The minimum absolute atomic E-state index is 0.0344. The van der Waals surface area contributed by atoms with Crippen LogP contribution in [0.5, 0.6) is 0 Å². The smallest absolute Gasteiger partial charge is 0.345 e. The number of carbonyl (C=O) groups excluding carboxylic acids is 6. The highest BCUT2D eigenvalue weighted by Gasteiger charge is 2.36. The number of benzene rings is 7. The Morgan fingerprint density at radius 3 is 1.01 bits per heavy atom. The molecule has 30 heteroatoms. The molecule has 598 valence electrons. The molecule has 8 heterocycles. The zero-order valence-electron chi connectivity index (χ0n) is 63.0. The van der Waals surface area contributed by atoms with Crippen LogP contribution in [-0.4, -0.2) is 162 Å². The third-order valence-electron chi connectivity index (χ3n) is 20.0. The van der Waals surface area contributed by atoms with Crippen molar-refractivity contribution in [1.82, 2.24) is 28.4 Å². The fourth-order valence-electron chi connectivity index (χ4n) is 14.5. The maximum absolute atomic E-state index is 13.9. The van der Waals surface area contributed by atoms with Crippen LogP contribution in [0, 0.1) is 23.3 Å². The summed E-state index contributed by atoms with van der Waals surface area (Å²) in [6.45, 7) is 10.1. The normalized spacial score (nSPS) is 13.6. The lowest BCUT2D eigenvalue weighted by molar-refractivity contribution is 0.0514. The van der Waals surface area contributed by atoms with Crippen molar-refractivity contribution in [3.8, 4) is 0 Å². The Bertz CT molecular complexity index is 5620. The number of fused-ring (bicyclic) bond motifs is 3. The van der Waals surface area contributed by atoms with Crippen molar-refractivity contribution in [2.45, 2.75) is 40.4 Å². The SMILES string of the molecule is CCOC(=O)c1c(N2CCN(C(=O)c3ccc(F)cc3)CC2)c2cc(Cl)ccc2n(Cc2ccc(F)cc2)c1=O.CCOC(=O)c1c(N2CCN(C(=O)c3ccco3)CC2)c2cc(Cl)ccc2n(Cc2ccc(F)cc2)c1=O.CCOC(=O)c1c(N2CCN(C(=O)c3cccs3)CC2)c2cc(Cl)ccc2n(Cc2ccc(F)cc2)c1=O. The number of esters is 3. The zero-order chi connectivity index (χ0) is 82.0. The van der Waals surface area contributed by atoms with Crippen molar-refractivity contribution in [2.24, 2.45) is 0 Å². The van der Waals surface area contributed by atoms with Crippen molar-refractivity contribution in [1.29, 1.82) is 0 Å². The highest BCUT2D eigenvalue weighted by Crippen LogP contribution is 2.38. The van der Waals surface area contributed by atoms with Crippen molar-refractivity contribution in [3.05, 3.63) is 307 Å². The number of hydrogen-bond donors (Lipinski definition) is 0. The number of carbonyl (C=O) groups is 6. The van der Waals surface area contributed by atoms with Crippen LogP contribution in [0.3, 0.4) is 0 Å². The molecule has 0 bridgehead atoms. The molecule has 0 atom stereocenters. The van der Waals surface area contributed by atoms with Crippen LogP contribution < -0.4 is 31.4 Å². The molecule has 0 N–H and O–H groups in total. The number of furan rings is 1. The Labute approximate surface area is 680 Å². The second-order valence-electron chi connectivity index (χ2n) is 27.2. The lowest BCUT2D eigenvalue weighted by atomic mass is 10.0. The fraction of sp³-hybridized carbons (Fsp3) is 0.244. The van der Waals surface area contributed by atoms with E-state index < -0.39 is 46.2 Å². The Hall–Kier alpha value is -12.0. The topological polar surface area (TPSA) is 229 Å². The first-order valence-corrected chi connectivity index (χ1v) is 39.3. The summed E-state index contributed by atoms with van der Waals surface area (Å²) in [6.07, 6.45) is 1.45. The molecule has 3 aliphatic heterocycles. The number of rotatable bonds is 18. The number of nitrogens with zero attached hydrogens (tertiary/aromatic N) is 9. The van der Waals surface area contributed by atoms with Crippen molar-refractivity contribution < 1.29 is 65.0 Å². The third kappa shape index (κ3) is 18.0. The van der Waals surface area contributed by atoms with Crippen LogP contribution >= 0.6 is 46.1 Å². The van der Waals surface area contributed by atoms with E-state index in [-0.39, 0.29) is 91.3 Å². The molecule has 7 aromatic carbocycles. The predicted octanol–water partition coefficient (Wildman–Crippen LogP) is 14.7. The second-order valence-corrected chi connectivity index (χ2v) is 29.4. The number of piperazine rings is 3. The first-order valence-electron chi connectivity index (χ1n) is 37.3. The molecule has 0 aliphatic carbocycles. The van der Waals surface area contributed by atoms with Gasteiger partial charge in [-0.2, -0.15) is 0 Å². The van der Waals surface area contributed by atoms with Gasteiger partial charge in [-0.15, -0.1) is 11.3 Å². The first-order chi connectivity index (χ1) is 56.0. The van der Waals surface area contributed by atoms with Gasteiger partial charge in [0.25, 0.3) is 34.4 Å². The molecule has 0 saturated carbocycles. The molecule has 0 unspecified atom stereocenters. The van der Waals surface area contributed by atoms with Gasteiger partial charge in [0.2, 0.25) is 0 Å². The molecule has 0 radical (unpaired) electrons. The van der Waals surface area contributed by atoms with Gasteiger partial charge in [0.1, 0.15) is 40.0 Å². The van der Waals surface area contributed by atoms with E-state index in [4.69, 9.17) is 53.4 Å². The minimum Gasteiger partial charge on any atom is -0.462 e. The number of halogens is 7. The van der Waals surface area contributed by atoms with E-state index in [0.717, 1.165) is 0 Å². The monoisotopic (exact) mass is 1660 g/mol. The Balaban J connectivity index is 0.000000151. The first kappa shape index (κ1) is 82.0. The van der Waals surface area contributed by atoms with Crippen LogP contribution in [0.2, 0.25) is 15.1 Å². The summed E-state index contributed by atoms with van der Waals surface area (Å²) < 4.78 is 79.5. The van der Waals surface area contributed by atoms with Gasteiger partial charge >= 0.3 is 17.9 Å². The summed E-state index contributed by atoms with van der Waals surface area (Å²) in [4.78, 5) is 132. The van der Waals surface area contributed by atoms with Gasteiger partial charge < -0.3 is 61.7 Å². The van der Waals surface area contributed by atoms with Gasteiger partial charge in [-0.25, -0.2) is 31.9 Å². The Morgan fingerprint density at radius 1 is 0.388 bits per heavy atom. The molecule has 0 spiro atoms. The Kier molecular flexibility index (Phi) is 25.9. The molecular weight excluding hydrogens is 1580 g/mol. The predicted molar refractivity (Wildman–Crippen MR) is 438 cm³/mol. The lowest BCUT2D eigenvalue weighted by Crippen LogP contribution is -2.49. The van der Waals surface area contributed by atoms with Crippen LogP contribution in [0.1, 0.15) is 99.1 Å². The standard InChI is InChI=1S/C30H26ClF2N3O4.C28H25ClFN3O5.C28H25ClFN3O4S/c1-2-40-30(39)26-27(34-13-15-35(16-14-34)28(37)20-5-10-23(33)11-6-20)24-17-21(31)7-12-25(24)36(29(26)38)18-19-3-8-22(32)9-4-19;2*1-2-37-28(36)24-25(31-11-13-32(14-12-31)26(34)23-4-3-15-38-23)21-16-19(29)7-10-22(21)33(27(24)35)17-18-5-8-20(30)9-6-18/h3-12,17H,2,13-16,18H2,1H3;2*3-10,15-16H,2,11-14,17H2,1H3. The van der Waals surface area contributed by atoms with Gasteiger partial charge in [-0.05, 0) is 176 Å². The number of ether oxygens (including phenoxy) is 3. The maximum Gasteiger partial charge on any atom is 0.345 e. The van der Waals surface area contributed by atoms with E-state index >= 15 is 0 Å². The van der Waals surface area contributed by atoms with Gasteiger partial charge in [0, 0.05) is 115 Å². The molecule has 5 aromatic heterocycles. The number of thiophene rings is 1. The van der Waals surface area contributed by atoms with E-state index in [2.05, 4.69) is 0 Å². The van der Waals surface area contributed by atoms with Gasteiger partial charge in [0.15, 0.2) is 5.76 Å². The van der Waals surface area contributed by atoms with Crippen molar-refractivity contribution in [3.63, 3.8) is 0 Å². The summed E-state index contributed by atoms with van der Waals surface area (Å²) in [7, 11) is 0. The fourth-order valence-corrected chi connectivity index (χ4v) is 15.7.